The van der Waals surface area contributed by atoms with E-state index in [1.807, 2.05) is 0 Å². The topological polar surface area (TPSA) is 72.8 Å². The second-order valence-electron chi connectivity index (χ2n) is 6.08. The van der Waals surface area contributed by atoms with Gasteiger partial charge in [0.15, 0.2) is 11.2 Å². The lowest BCUT2D eigenvalue weighted by molar-refractivity contribution is -0.190. The fourth-order valence-corrected chi connectivity index (χ4v) is 3.77. The Balaban J connectivity index is 1.87. The van der Waals surface area contributed by atoms with E-state index in [4.69, 9.17) is 9.47 Å². The molecule has 19 heavy (non-hydrogen) atoms. The Morgan fingerprint density at radius 1 is 1.32 bits per heavy atom. The Morgan fingerprint density at radius 3 is 2.68 bits per heavy atom. The molecule has 2 unspecified atom stereocenters. The highest BCUT2D eigenvalue weighted by Crippen LogP contribution is 2.50. The van der Waals surface area contributed by atoms with E-state index in [9.17, 15) is 14.7 Å². The van der Waals surface area contributed by atoms with Crippen molar-refractivity contribution in [2.24, 2.45) is 11.3 Å². The highest BCUT2D eigenvalue weighted by Gasteiger charge is 2.57. The molecule has 1 N–H and O–H groups in total. The summed E-state index contributed by atoms with van der Waals surface area (Å²) in [5.41, 5.74) is -1.48. The SMILES string of the molecule is O=C(O)C1(C2CCOC3(CCC3)C2)COCCC1=O. The van der Waals surface area contributed by atoms with Crippen LogP contribution in [0.4, 0.5) is 0 Å². The molecular weight excluding hydrogens is 248 g/mol. The van der Waals surface area contributed by atoms with Gasteiger partial charge in [-0.25, -0.2) is 0 Å². The number of carboxylic acids is 1. The summed E-state index contributed by atoms with van der Waals surface area (Å²) in [5.74, 6) is -1.32. The van der Waals surface area contributed by atoms with Gasteiger partial charge in [0.05, 0.1) is 18.8 Å². The van der Waals surface area contributed by atoms with Crippen LogP contribution >= 0.6 is 0 Å². The minimum Gasteiger partial charge on any atom is -0.480 e. The van der Waals surface area contributed by atoms with Gasteiger partial charge in [0.1, 0.15) is 0 Å². The molecule has 5 heteroatoms. The first kappa shape index (κ1) is 13.1. The van der Waals surface area contributed by atoms with E-state index in [1.165, 1.54) is 0 Å². The molecule has 106 valence electrons. The molecule has 0 amide bonds. The van der Waals surface area contributed by atoms with Gasteiger partial charge in [-0.1, -0.05) is 0 Å². The average molecular weight is 268 g/mol. The molecule has 1 saturated carbocycles. The number of aliphatic carboxylic acids is 1. The zero-order valence-corrected chi connectivity index (χ0v) is 11.0. The average Bonchev–Trinajstić information content (AvgIpc) is 2.37. The lowest BCUT2D eigenvalue weighted by Gasteiger charge is -2.51. The largest absolute Gasteiger partial charge is 0.480 e. The Morgan fingerprint density at radius 2 is 2.11 bits per heavy atom. The van der Waals surface area contributed by atoms with Gasteiger partial charge in [0, 0.05) is 13.0 Å². The third kappa shape index (κ3) is 1.91. The molecule has 0 aromatic carbocycles. The van der Waals surface area contributed by atoms with Gasteiger partial charge < -0.3 is 14.6 Å². The van der Waals surface area contributed by atoms with Crippen molar-refractivity contribution >= 4 is 11.8 Å². The predicted molar refractivity (Wildman–Crippen MR) is 65.8 cm³/mol. The maximum atomic E-state index is 12.3. The number of Topliss-reactive ketones (excluding diaryl/α,β-unsaturated/α-hetero) is 1. The lowest BCUT2D eigenvalue weighted by Crippen LogP contribution is -2.57. The summed E-state index contributed by atoms with van der Waals surface area (Å²) in [6.45, 7) is 0.942. The molecular formula is C14H20O5. The number of ether oxygens (including phenoxy) is 2. The van der Waals surface area contributed by atoms with Crippen molar-refractivity contribution in [2.75, 3.05) is 19.8 Å². The van der Waals surface area contributed by atoms with Crippen LogP contribution in [0.3, 0.4) is 0 Å². The van der Waals surface area contributed by atoms with Crippen LogP contribution in [0.25, 0.3) is 0 Å². The first-order chi connectivity index (χ1) is 9.09. The van der Waals surface area contributed by atoms with Gasteiger partial charge in [-0.3, -0.25) is 9.59 Å². The van der Waals surface area contributed by atoms with Crippen LogP contribution in [0.15, 0.2) is 0 Å². The monoisotopic (exact) mass is 268 g/mol. The summed E-state index contributed by atoms with van der Waals surface area (Å²) in [7, 11) is 0. The summed E-state index contributed by atoms with van der Waals surface area (Å²) < 4.78 is 11.2. The summed E-state index contributed by atoms with van der Waals surface area (Å²) in [6.07, 6.45) is 4.67. The van der Waals surface area contributed by atoms with Gasteiger partial charge in [0.2, 0.25) is 0 Å². The lowest BCUT2D eigenvalue weighted by atomic mass is 9.61. The van der Waals surface area contributed by atoms with Crippen LogP contribution in [-0.4, -0.2) is 42.3 Å². The number of hydrogen-bond donors (Lipinski definition) is 1. The Labute approximate surface area is 112 Å². The van der Waals surface area contributed by atoms with Crippen molar-refractivity contribution in [3.63, 3.8) is 0 Å². The quantitative estimate of drug-likeness (QED) is 0.766. The zero-order chi connectivity index (χ0) is 13.5. The molecule has 2 heterocycles. The molecule has 0 radical (unpaired) electrons. The van der Waals surface area contributed by atoms with Gasteiger partial charge in [-0.15, -0.1) is 0 Å². The highest BCUT2D eigenvalue weighted by molar-refractivity contribution is 6.04. The van der Waals surface area contributed by atoms with E-state index < -0.39 is 11.4 Å². The minimum atomic E-state index is -1.33. The Bertz CT molecular complexity index is 401. The molecule has 0 bridgehead atoms. The molecule has 2 atom stereocenters. The minimum absolute atomic E-state index is 0.0297. The van der Waals surface area contributed by atoms with Gasteiger partial charge in [-0.2, -0.15) is 0 Å². The van der Waals surface area contributed by atoms with E-state index in [0.717, 1.165) is 19.3 Å². The number of ketones is 1. The van der Waals surface area contributed by atoms with Crippen LogP contribution in [-0.2, 0) is 19.1 Å². The molecule has 3 rings (SSSR count). The first-order valence-electron chi connectivity index (χ1n) is 7.07. The second-order valence-corrected chi connectivity index (χ2v) is 6.08. The zero-order valence-electron chi connectivity index (χ0n) is 11.0. The summed E-state index contributed by atoms with van der Waals surface area (Å²) in [5, 5.41) is 9.63. The van der Waals surface area contributed by atoms with Crippen LogP contribution < -0.4 is 0 Å². The van der Waals surface area contributed by atoms with E-state index >= 15 is 0 Å². The van der Waals surface area contributed by atoms with Crippen molar-refractivity contribution in [1.29, 1.82) is 0 Å². The van der Waals surface area contributed by atoms with E-state index in [2.05, 4.69) is 0 Å². The predicted octanol–water partition coefficient (Wildman–Crippen LogP) is 1.40. The van der Waals surface area contributed by atoms with Crippen LogP contribution in [0.2, 0.25) is 0 Å². The molecule has 0 aromatic heterocycles. The molecule has 0 aromatic rings. The Hall–Kier alpha value is -0.940. The summed E-state index contributed by atoms with van der Waals surface area (Å²) in [4.78, 5) is 24.0. The number of carbonyl (C=O) groups excluding carboxylic acids is 1. The van der Waals surface area contributed by atoms with Crippen molar-refractivity contribution in [3.05, 3.63) is 0 Å². The number of carboxylic acid groups (broad SMARTS) is 1. The third-order valence-electron chi connectivity index (χ3n) is 5.14. The molecule has 5 nitrogen and oxygen atoms in total. The van der Waals surface area contributed by atoms with E-state index in [1.54, 1.807) is 0 Å². The van der Waals surface area contributed by atoms with Gasteiger partial charge in [0.25, 0.3) is 0 Å². The standard InChI is InChI=1S/C14H20O5/c15-11-3-6-18-9-14(11,12(16)17)10-2-7-19-13(8-10)4-1-5-13/h10H,1-9H2,(H,16,17). The van der Waals surface area contributed by atoms with Crippen molar-refractivity contribution in [3.8, 4) is 0 Å². The summed E-state index contributed by atoms with van der Waals surface area (Å²) in [6, 6.07) is 0. The molecule has 2 aliphatic heterocycles. The normalized spacial score (nSPS) is 37.9. The fraction of sp³-hybridized carbons (Fsp3) is 0.857. The molecule has 3 fully saturated rings. The number of carbonyl (C=O) groups is 2. The van der Waals surface area contributed by atoms with Crippen LogP contribution in [0, 0.1) is 11.3 Å². The highest BCUT2D eigenvalue weighted by atomic mass is 16.5. The molecule has 1 spiro atoms. The fourth-order valence-electron chi connectivity index (χ4n) is 3.77. The second kappa shape index (κ2) is 4.56. The van der Waals surface area contributed by atoms with Crippen molar-refractivity contribution in [1.82, 2.24) is 0 Å². The third-order valence-corrected chi connectivity index (χ3v) is 5.14. The van der Waals surface area contributed by atoms with Crippen LogP contribution in [0.5, 0.6) is 0 Å². The van der Waals surface area contributed by atoms with E-state index in [-0.39, 0.29) is 30.3 Å². The molecule has 3 aliphatic rings. The van der Waals surface area contributed by atoms with Gasteiger partial charge >= 0.3 is 5.97 Å². The molecule has 1 aliphatic carbocycles. The maximum Gasteiger partial charge on any atom is 0.319 e. The Kier molecular flexibility index (Phi) is 3.14. The summed E-state index contributed by atoms with van der Waals surface area (Å²) >= 11 is 0. The van der Waals surface area contributed by atoms with Crippen LogP contribution in [0.1, 0.15) is 38.5 Å². The van der Waals surface area contributed by atoms with Crippen molar-refractivity contribution in [2.45, 2.75) is 44.1 Å². The smallest absolute Gasteiger partial charge is 0.319 e. The number of hydrogen-bond acceptors (Lipinski definition) is 4. The van der Waals surface area contributed by atoms with E-state index in [0.29, 0.717) is 26.1 Å². The number of rotatable bonds is 2. The van der Waals surface area contributed by atoms with Gasteiger partial charge in [-0.05, 0) is 38.0 Å². The molecule has 2 saturated heterocycles. The maximum absolute atomic E-state index is 12.3. The van der Waals surface area contributed by atoms with Crippen molar-refractivity contribution < 1.29 is 24.2 Å². The first-order valence-corrected chi connectivity index (χ1v) is 7.07.